The molecule has 15 heteroatoms. The summed E-state index contributed by atoms with van der Waals surface area (Å²) in [5.41, 5.74) is 9.64. The molecule has 4 heterocycles. The largest absolute Gasteiger partial charge is 0.484 e. The Kier molecular flexibility index (Phi) is 7.95. The van der Waals surface area contributed by atoms with E-state index in [1.54, 1.807) is 37.2 Å². The summed E-state index contributed by atoms with van der Waals surface area (Å²) in [4.78, 5) is 15.7. The normalized spacial score (nSPS) is 14.3. The lowest BCUT2D eigenvalue weighted by molar-refractivity contribution is 0.228. The number of nitrogen functional groups attached to an aromatic ring is 1. The summed E-state index contributed by atoms with van der Waals surface area (Å²) in [6, 6.07) is 9.82. The minimum absolute atomic E-state index is 0.0547. The number of alkyl halides is 2. The third kappa shape index (κ3) is 5.94. The molecule has 1 saturated heterocycles. The van der Waals surface area contributed by atoms with E-state index < -0.39 is 27.7 Å². The van der Waals surface area contributed by atoms with Crippen molar-refractivity contribution in [3.8, 4) is 28.1 Å². The molecule has 1 aliphatic rings. The smallest absolute Gasteiger partial charge is 0.355 e. The Labute approximate surface area is 256 Å². The maximum atomic E-state index is 13.5. The van der Waals surface area contributed by atoms with Crippen LogP contribution >= 0.6 is 0 Å². The average molecular weight is 639 g/mol. The molecule has 6 rings (SSSR count). The number of pyridine rings is 1. The van der Waals surface area contributed by atoms with E-state index in [2.05, 4.69) is 19.9 Å². The molecule has 0 bridgehead atoms. The van der Waals surface area contributed by atoms with Crippen LogP contribution in [0, 0.1) is 5.82 Å². The van der Waals surface area contributed by atoms with Crippen LogP contribution in [0.25, 0.3) is 33.3 Å². The number of hydrogen-bond acceptors (Lipinski definition) is 9. The lowest BCUT2D eigenvalue weighted by atomic mass is 10.0. The van der Waals surface area contributed by atoms with Gasteiger partial charge in [-0.25, -0.2) is 27.8 Å². The van der Waals surface area contributed by atoms with E-state index in [0.717, 1.165) is 25.9 Å². The average Bonchev–Trinajstić information content (AvgIpc) is 3.68. The van der Waals surface area contributed by atoms with Crippen LogP contribution < -0.4 is 20.1 Å². The number of ether oxygens (including phenoxy) is 1. The summed E-state index contributed by atoms with van der Waals surface area (Å²) < 4.78 is 73.8. The molecule has 45 heavy (non-hydrogen) atoms. The number of benzene rings is 2. The van der Waals surface area contributed by atoms with Gasteiger partial charge < -0.3 is 15.4 Å². The zero-order chi connectivity index (χ0) is 31.9. The van der Waals surface area contributed by atoms with Gasteiger partial charge in [0.25, 0.3) is 10.0 Å². The van der Waals surface area contributed by atoms with Crippen molar-refractivity contribution in [2.75, 3.05) is 28.4 Å². The van der Waals surface area contributed by atoms with Crippen molar-refractivity contribution < 1.29 is 26.3 Å². The second-order valence-electron chi connectivity index (χ2n) is 10.6. The molecule has 1 atom stereocenters. The summed E-state index contributed by atoms with van der Waals surface area (Å²) in [7, 11) is -3.27. The Morgan fingerprint density at radius 3 is 2.33 bits per heavy atom. The molecule has 1 aliphatic heterocycles. The van der Waals surface area contributed by atoms with Crippen molar-refractivity contribution >= 4 is 38.4 Å². The second-order valence-corrected chi connectivity index (χ2v) is 12.3. The monoisotopic (exact) mass is 638 g/mol. The molecule has 2 aromatic carbocycles. The summed E-state index contributed by atoms with van der Waals surface area (Å²) >= 11 is 0. The molecule has 5 aromatic rings. The van der Waals surface area contributed by atoms with Gasteiger partial charge in [0.2, 0.25) is 5.95 Å². The van der Waals surface area contributed by atoms with Gasteiger partial charge >= 0.3 is 5.76 Å². The SMILES string of the molecule is C[C@H](Oc1cc(-c2nn(C)c3c(-c4cnc(N5CCCC5)nc4)cnc(N)c23)ccc1NS(=O)(=O)C(F)F)c1ccc(F)cc1. The highest BCUT2D eigenvalue weighted by molar-refractivity contribution is 7.93. The number of sulfonamides is 1. The van der Waals surface area contributed by atoms with Crippen molar-refractivity contribution in [2.24, 2.45) is 7.05 Å². The molecule has 0 spiro atoms. The molecule has 0 radical (unpaired) electrons. The van der Waals surface area contributed by atoms with Crippen LogP contribution in [0.2, 0.25) is 0 Å². The van der Waals surface area contributed by atoms with Gasteiger partial charge in [-0.3, -0.25) is 9.40 Å². The van der Waals surface area contributed by atoms with Gasteiger partial charge in [-0.1, -0.05) is 18.2 Å². The zero-order valence-electron chi connectivity index (χ0n) is 24.3. The van der Waals surface area contributed by atoms with E-state index in [9.17, 15) is 21.6 Å². The molecular weight excluding hydrogens is 609 g/mol. The number of halogens is 3. The number of anilines is 3. The summed E-state index contributed by atoms with van der Waals surface area (Å²) in [5, 5.41) is 5.21. The number of aromatic nitrogens is 5. The van der Waals surface area contributed by atoms with Gasteiger partial charge in [0.1, 0.15) is 29.2 Å². The topological polar surface area (TPSA) is 141 Å². The van der Waals surface area contributed by atoms with E-state index in [1.165, 1.54) is 42.5 Å². The molecule has 1 fully saturated rings. The predicted octanol–water partition coefficient (Wildman–Crippen LogP) is 5.52. The van der Waals surface area contributed by atoms with Crippen LogP contribution in [0.4, 0.5) is 30.6 Å². The van der Waals surface area contributed by atoms with E-state index in [0.29, 0.717) is 44.8 Å². The highest BCUT2D eigenvalue weighted by Gasteiger charge is 2.27. The van der Waals surface area contributed by atoms with Crippen LogP contribution in [-0.4, -0.2) is 52.0 Å². The molecule has 11 nitrogen and oxygen atoms in total. The molecule has 0 saturated carbocycles. The Hall–Kier alpha value is -4.92. The number of rotatable bonds is 9. The lowest BCUT2D eigenvalue weighted by Gasteiger charge is -2.19. The Bertz CT molecular complexity index is 1960. The van der Waals surface area contributed by atoms with Crippen molar-refractivity contribution in [2.45, 2.75) is 31.6 Å². The van der Waals surface area contributed by atoms with E-state index in [1.807, 2.05) is 4.72 Å². The third-order valence-corrected chi connectivity index (χ3v) is 8.59. The molecule has 3 N–H and O–H groups in total. The third-order valence-electron chi connectivity index (χ3n) is 7.61. The Balaban J connectivity index is 1.43. The fourth-order valence-electron chi connectivity index (χ4n) is 5.33. The fourth-order valence-corrected chi connectivity index (χ4v) is 5.90. The zero-order valence-corrected chi connectivity index (χ0v) is 25.1. The Morgan fingerprint density at radius 2 is 1.67 bits per heavy atom. The number of nitrogens with zero attached hydrogens (tertiary/aromatic N) is 6. The molecule has 0 unspecified atom stereocenters. The molecule has 0 aliphatic carbocycles. The maximum absolute atomic E-state index is 13.5. The van der Waals surface area contributed by atoms with Crippen LogP contribution in [0.1, 0.15) is 31.4 Å². The van der Waals surface area contributed by atoms with Gasteiger partial charge in [0, 0.05) is 55.4 Å². The van der Waals surface area contributed by atoms with Gasteiger partial charge in [0.15, 0.2) is 0 Å². The van der Waals surface area contributed by atoms with Gasteiger partial charge in [0.05, 0.1) is 16.6 Å². The van der Waals surface area contributed by atoms with Crippen molar-refractivity contribution in [1.82, 2.24) is 24.7 Å². The standard InChI is InChI=1S/C30H29F3N8O3S/c1-17(18-5-8-21(31)9-6-18)44-24-13-19(7-10-23(24)39-45(42,43)29(32)33)26-25-27(40(2)38-26)22(16-35-28(25)34)20-14-36-30(37-15-20)41-11-3-4-12-41/h5-10,13-17,29,39H,3-4,11-12H2,1-2H3,(H2,34,35)/t17-/m0/s1. The van der Waals surface area contributed by atoms with Crippen LogP contribution in [0.5, 0.6) is 5.75 Å². The van der Waals surface area contributed by atoms with Crippen LogP contribution in [0.15, 0.2) is 61.1 Å². The highest BCUT2D eigenvalue weighted by atomic mass is 32.2. The van der Waals surface area contributed by atoms with E-state index in [4.69, 9.17) is 15.6 Å². The van der Waals surface area contributed by atoms with Gasteiger partial charge in [-0.15, -0.1) is 0 Å². The second kappa shape index (κ2) is 11.9. The van der Waals surface area contributed by atoms with Gasteiger partial charge in [-0.05, 0) is 49.6 Å². The summed E-state index contributed by atoms with van der Waals surface area (Å²) in [6.45, 7) is 3.48. The minimum atomic E-state index is -5.02. The number of hydrogen-bond donors (Lipinski definition) is 2. The first-order valence-electron chi connectivity index (χ1n) is 14.1. The number of nitrogens with two attached hydrogens (primary N) is 1. The fraction of sp³-hybridized carbons (Fsp3) is 0.267. The Morgan fingerprint density at radius 1 is 0.978 bits per heavy atom. The predicted molar refractivity (Wildman–Crippen MR) is 165 cm³/mol. The molecule has 234 valence electrons. The maximum Gasteiger partial charge on any atom is 0.355 e. The first-order valence-corrected chi connectivity index (χ1v) is 15.6. The summed E-state index contributed by atoms with van der Waals surface area (Å²) in [6.07, 6.45) is 6.57. The highest BCUT2D eigenvalue weighted by Crippen LogP contribution is 2.40. The van der Waals surface area contributed by atoms with Crippen molar-refractivity contribution in [3.63, 3.8) is 0 Å². The van der Waals surface area contributed by atoms with E-state index in [-0.39, 0.29) is 17.3 Å². The number of nitrogens with one attached hydrogen (secondary N) is 1. The lowest BCUT2D eigenvalue weighted by Crippen LogP contribution is -2.21. The number of aryl methyl sites for hydroxylation is 1. The van der Waals surface area contributed by atoms with Crippen molar-refractivity contribution in [1.29, 1.82) is 0 Å². The molecule has 3 aromatic heterocycles. The van der Waals surface area contributed by atoms with Crippen LogP contribution in [0.3, 0.4) is 0 Å². The minimum Gasteiger partial charge on any atom is -0.484 e. The first kappa shape index (κ1) is 30.1. The quantitative estimate of drug-likeness (QED) is 0.214. The van der Waals surface area contributed by atoms with E-state index >= 15 is 0 Å². The first-order chi connectivity index (χ1) is 21.5. The van der Waals surface area contributed by atoms with Crippen LogP contribution in [-0.2, 0) is 17.1 Å². The number of fused-ring (bicyclic) bond motifs is 1. The molecular formula is C30H29F3N8O3S. The molecule has 0 amide bonds. The van der Waals surface area contributed by atoms with Gasteiger partial charge in [-0.2, -0.15) is 13.9 Å². The van der Waals surface area contributed by atoms with Crippen molar-refractivity contribution in [3.05, 3.63) is 72.4 Å². The summed E-state index contributed by atoms with van der Waals surface area (Å²) in [5.74, 6) is -3.32.